The summed E-state index contributed by atoms with van der Waals surface area (Å²) >= 11 is 0. The highest BCUT2D eigenvalue weighted by atomic mass is 127. The summed E-state index contributed by atoms with van der Waals surface area (Å²) in [7, 11) is 3.88. The monoisotopic (exact) mass is 510 g/mol. The van der Waals surface area contributed by atoms with Gasteiger partial charge in [0.1, 0.15) is 0 Å². The van der Waals surface area contributed by atoms with Gasteiger partial charge in [-0.05, 0) is 37.8 Å². The van der Waals surface area contributed by atoms with E-state index in [0.717, 1.165) is 44.9 Å². The lowest BCUT2D eigenvalue weighted by Crippen LogP contribution is -2.51. The van der Waals surface area contributed by atoms with Crippen LogP contribution in [0.5, 0.6) is 0 Å². The molecule has 0 saturated carbocycles. The van der Waals surface area contributed by atoms with Crippen LogP contribution in [0, 0.1) is 0 Å². The van der Waals surface area contributed by atoms with E-state index in [2.05, 4.69) is 69.8 Å². The minimum absolute atomic E-state index is 0. The number of piperidine rings is 1. The molecule has 2 N–H and O–H groups in total. The lowest BCUT2D eigenvalue weighted by molar-refractivity contribution is 0.468. The van der Waals surface area contributed by atoms with Crippen molar-refractivity contribution in [3.8, 4) is 0 Å². The summed E-state index contributed by atoms with van der Waals surface area (Å²) in [5, 5.41) is 11.8. The number of halogens is 1. The number of nitrogens with one attached hydrogen (secondary N) is 2. The van der Waals surface area contributed by atoms with Crippen molar-refractivity contribution in [3.05, 3.63) is 47.3 Å². The average Bonchev–Trinajstić information content (AvgIpc) is 3.06. The maximum absolute atomic E-state index is 4.67. The third kappa shape index (κ3) is 5.87. The van der Waals surface area contributed by atoms with E-state index in [0.29, 0.717) is 6.04 Å². The summed E-state index contributed by atoms with van der Waals surface area (Å²) in [6, 6.07) is 11.1. The Morgan fingerprint density at radius 3 is 2.62 bits per heavy atom. The van der Waals surface area contributed by atoms with Crippen LogP contribution >= 0.6 is 24.0 Å². The van der Waals surface area contributed by atoms with E-state index in [-0.39, 0.29) is 24.0 Å². The molecule has 3 rings (SSSR count). The number of aromatic nitrogens is 2. The molecule has 29 heavy (non-hydrogen) atoms. The lowest BCUT2D eigenvalue weighted by atomic mass is 10.0. The van der Waals surface area contributed by atoms with Crippen LogP contribution < -0.4 is 15.5 Å². The zero-order valence-corrected chi connectivity index (χ0v) is 20.4. The summed E-state index contributed by atoms with van der Waals surface area (Å²) in [4.78, 5) is 6.92. The van der Waals surface area contributed by atoms with Crippen molar-refractivity contribution in [2.24, 2.45) is 12.0 Å². The van der Waals surface area contributed by atoms with Crippen LogP contribution in [-0.4, -0.2) is 41.9 Å². The van der Waals surface area contributed by atoms with Crippen LogP contribution in [0.3, 0.4) is 0 Å². The van der Waals surface area contributed by atoms with E-state index < -0.39 is 0 Å². The first-order valence-corrected chi connectivity index (χ1v) is 10.5. The molecule has 0 radical (unpaired) electrons. The van der Waals surface area contributed by atoms with Crippen LogP contribution in [0.4, 0.5) is 5.69 Å². The highest BCUT2D eigenvalue weighted by Crippen LogP contribution is 2.19. The second-order valence-corrected chi connectivity index (χ2v) is 7.39. The molecule has 0 amide bonds. The molecule has 1 saturated heterocycles. The number of hydrogen-bond acceptors (Lipinski definition) is 3. The Morgan fingerprint density at radius 2 is 1.97 bits per heavy atom. The second-order valence-electron chi connectivity index (χ2n) is 7.39. The molecule has 2 aromatic rings. The minimum atomic E-state index is 0. The van der Waals surface area contributed by atoms with Crippen molar-refractivity contribution in [2.45, 2.75) is 52.1 Å². The molecule has 160 valence electrons. The molecule has 1 aromatic carbocycles. The largest absolute Gasteiger partial charge is 0.369 e. The van der Waals surface area contributed by atoms with E-state index in [1.165, 1.54) is 29.1 Å². The first-order chi connectivity index (χ1) is 13.7. The van der Waals surface area contributed by atoms with Crippen molar-refractivity contribution in [1.29, 1.82) is 0 Å². The zero-order chi connectivity index (χ0) is 19.9. The van der Waals surface area contributed by atoms with Gasteiger partial charge in [0, 0.05) is 56.7 Å². The summed E-state index contributed by atoms with van der Waals surface area (Å²) in [5.41, 5.74) is 5.08. The van der Waals surface area contributed by atoms with Crippen molar-refractivity contribution in [1.82, 2.24) is 20.4 Å². The topological polar surface area (TPSA) is 57.5 Å². The average molecular weight is 510 g/mol. The van der Waals surface area contributed by atoms with Crippen LogP contribution in [0.2, 0.25) is 0 Å². The molecule has 1 fully saturated rings. The summed E-state index contributed by atoms with van der Waals surface area (Å²) in [6.07, 6.45) is 4.29. The maximum Gasteiger partial charge on any atom is 0.191 e. The normalized spacial score (nSPS) is 17.0. The van der Waals surface area contributed by atoms with Gasteiger partial charge < -0.3 is 15.5 Å². The number of aliphatic imine (C=N–C) groups is 1. The van der Waals surface area contributed by atoms with Crippen LogP contribution in [-0.2, 0) is 26.4 Å². The quantitative estimate of drug-likeness (QED) is 0.355. The van der Waals surface area contributed by atoms with Crippen molar-refractivity contribution < 1.29 is 0 Å². The molecule has 6 nitrogen and oxygen atoms in total. The Morgan fingerprint density at radius 1 is 1.21 bits per heavy atom. The molecule has 2 heterocycles. The first-order valence-electron chi connectivity index (χ1n) is 10.5. The molecular weight excluding hydrogens is 475 g/mol. The SMILES string of the molecule is CCc1nn(C)c(CC)c1CNC(=NC)NC1CCCN(c2ccccc2)C1.I. The molecule has 0 spiro atoms. The molecule has 0 bridgehead atoms. The van der Waals surface area contributed by atoms with Crippen LogP contribution in [0.1, 0.15) is 43.6 Å². The van der Waals surface area contributed by atoms with E-state index in [1.54, 1.807) is 0 Å². The number of benzene rings is 1. The zero-order valence-electron chi connectivity index (χ0n) is 18.1. The Kier molecular flexibility index (Phi) is 9.26. The first kappa shape index (κ1) is 23.5. The van der Waals surface area contributed by atoms with Gasteiger partial charge in [0.2, 0.25) is 0 Å². The van der Waals surface area contributed by atoms with Gasteiger partial charge in [-0.25, -0.2) is 0 Å². The highest BCUT2D eigenvalue weighted by Gasteiger charge is 2.21. The van der Waals surface area contributed by atoms with Gasteiger partial charge in [0.25, 0.3) is 0 Å². The molecule has 1 unspecified atom stereocenters. The summed E-state index contributed by atoms with van der Waals surface area (Å²) < 4.78 is 2.02. The number of nitrogens with zero attached hydrogens (tertiary/aromatic N) is 4. The molecule has 1 aliphatic rings. The van der Waals surface area contributed by atoms with Gasteiger partial charge in [-0.1, -0.05) is 32.0 Å². The lowest BCUT2D eigenvalue weighted by Gasteiger charge is -2.35. The van der Waals surface area contributed by atoms with E-state index in [9.17, 15) is 0 Å². The molecule has 7 heteroatoms. The molecule has 1 aliphatic heterocycles. The third-order valence-electron chi connectivity index (χ3n) is 5.57. The van der Waals surface area contributed by atoms with Crippen molar-refractivity contribution >= 4 is 35.6 Å². The van der Waals surface area contributed by atoms with Crippen molar-refractivity contribution in [3.63, 3.8) is 0 Å². The minimum Gasteiger partial charge on any atom is -0.369 e. The van der Waals surface area contributed by atoms with E-state index in [1.807, 2.05) is 18.8 Å². The van der Waals surface area contributed by atoms with Crippen LogP contribution in [0.15, 0.2) is 35.3 Å². The fourth-order valence-electron chi connectivity index (χ4n) is 4.12. The van der Waals surface area contributed by atoms with E-state index >= 15 is 0 Å². The Labute approximate surface area is 192 Å². The van der Waals surface area contributed by atoms with Gasteiger partial charge >= 0.3 is 0 Å². The van der Waals surface area contributed by atoms with Gasteiger partial charge in [-0.2, -0.15) is 5.10 Å². The predicted molar refractivity (Wildman–Crippen MR) is 132 cm³/mol. The van der Waals surface area contributed by atoms with Crippen molar-refractivity contribution in [2.75, 3.05) is 25.0 Å². The summed E-state index contributed by atoms with van der Waals surface area (Å²) in [5.74, 6) is 0.868. The number of hydrogen-bond donors (Lipinski definition) is 2. The number of anilines is 1. The number of para-hydroxylation sites is 1. The third-order valence-corrected chi connectivity index (χ3v) is 5.57. The predicted octanol–water partition coefficient (Wildman–Crippen LogP) is 3.50. The smallest absolute Gasteiger partial charge is 0.191 e. The Hall–Kier alpha value is -1.77. The fraction of sp³-hybridized carbons (Fsp3) is 0.545. The maximum atomic E-state index is 4.67. The molecular formula is C22H35IN6. The summed E-state index contributed by atoms with van der Waals surface area (Å²) in [6.45, 7) is 7.22. The number of rotatable bonds is 6. The molecule has 0 aliphatic carbocycles. The highest BCUT2D eigenvalue weighted by molar-refractivity contribution is 14.0. The van der Waals surface area contributed by atoms with E-state index in [4.69, 9.17) is 0 Å². The van der Waals surface area contributed by atoms with Crippen LogP contribution in [0.25, 0.3) is 0 Å². The van der Waals surface area contributed by atoms with Gasteiger partial charge in [0.05, 0.1) is 5.69 Å². The molecule has 1 atom stereocenters. The van der Waals surface area contributed by atoms with Gasteiger partial charge in [-0.3, -0.25) is 9.67 Å². The Bertz CT molecular complexity index is 786. The number of guanidine groups is 1. The fourth-order valence-corrected chi connectivity index (χ4v) is 4.12. The van der Waals surface area contributed by atoms with Gasteiger partial charge in [-0.15, -0.1) is 24.0 Å². The Balaban J connectivity index is 0.00000300. The van der Waals surface area contributed by atoms with Gasteiger partial charge in [0.15, 0.2) is 5.96 Å². The second kappa shape index (κ2) is 11.4. The standard InChI is InChI=1S/C22H34N6.HI/c1-5-20-19(21(6-2)27(4)26-20)15-24-22(23-3)25-17-11-10-14-28(16-17)18-12-8-7-9-13-18;/h7-9,12-13,17H,5-6,10-11,14-16H2,1-4H3,(H2,23,24,25);1H. The molecule has 1 aromatic heterocycles. The number of aryl methyl sites for hydroxylation is 2.